The van der Waals surface area contributed by atoms with E-state index in [9.17, 15) is 0 Å². The first-order valence-electron chi connectivity index (χ1n) is 4.99. The lowest BCUT2D eigenvalue weighted by Gasteiger charge is -2.16. The zero-order valence-corrected chi connectivity index (χ0v) is 10.8. The van der Waals surface area contributed by atoms with Crippen molar-refractivity contribution in [2.75, 3.05) is 11.9 Å². The summed E-state index contributed by atoms with van der Waals surface area (Å²) < 4.78 is 0. The maximum absolute atomic E-state index is 9.05. The Bertz CT molecular complexity index is 559. The fourth-order valence-electron chi connectivity index (χ4n) is 1.48. The molecule has 0 aliphatic carbocycles. The van der Waals surface area contributed by atoms with Crippen LogP contribution in [0.4, 0.5) is 10.8 Å². The maximum Gasteiger partial charge on any atom is 0.189 e. The Labute approximate surface area is 109 Å². The minimum Gasteiger partial charge on any atom is -0.320 e. The first kappa shape index (κ1) is 11.9. The number of rotatable bonds is 3. The van der Waals surface area contributed by atoms with Crippen LogP contribution in [0.15, 0.2) is 29.6 Å². The summed E-state index contributed by atoms with van der Waals surface area (Å²) in [4.78, 5) is 6.29. The molecule has 2 rings (SSSR count). The van der Waals surface area contributed by atoms with Gasteiger partial charge in [-0.25, -0.2) is 4.98 Å². The van der Waals surface area contributed by atoms with Gasteiger partial charge in [-0.2, -0.15) is 5.26 Å². The second-order valence-electron chi connectivity index (χ2n) is 3.44. The van der Waals surface area contributed by atoms with Crippen molar-refractivity contribution in [1.29, 1.82) is 5.26 Å². The van der Waals surface area contributed by atoms with Crippen molar-refractivity contribution >= 4 is 33.8 Å². The summed E-state index contributed by atoms with van der Waals surface area (Å²) in [7, 11) is 1.90. The first-order chi connectivity index (χ1) is 8.26. The highest BCUT2D eigenvalue weighted by Gasteiger charge is 2.11. The highest BCUT2D eigenvalue weighted by molar-refractivity contribution is 7.13. The van der Waals surface area contributed by atoms with Crippen LogP contribution in [-0.2, 0) is 5.88 Å². The van der Waals surface area contributed by atoms with Crippen LogP contribution in [0.25, 0.3) is 0 Å². The second-order valence-corrected chi connectivity index (χ2v) is 4.55. The molecule has 0 bridgehead atoms. The van der Waals surface area contributed by atoms with Crippen molar-refractivity contribution in [1.82, 2.24) is 4.98 Å². The summed E-state index contributed by atoms with van der Waals surface area (Å²) in [5.41, 5.74) is 2.34. The summed E-state index contributed by atoms with van der Waals surface area (Å²) in [5, 5.41) is 11.8. The van der Waals surface area contributed by atoms with E-state index in [1.165, 1.54) is 11.3 Å². The average molecular weight is 264 g/mol. The van der Waals surface area contributed by atoms with Crippen LogP contribution in [0.5, 0.6) is 0 Å². The van der Waals surface area contributed by atoms with E-state index in [4.69, 9.17) is 16.9 Å². The number of nitriles is 1. The summed E-state index contributed by atoms with van der Waals surface area (Å²) in [6.07, 6.45) is 0. The molecule has 0 amide bonds. The van der Waals surface area contributed by atoms with E-state index in [0.29, 0.717) is 11.4 Å². The minimum absolute atomic E-state index is 0.407. The van der Waals surface area contributed by atoms with Gasteiger partial charge in [0.25, 0.3) is 0 Å². The zero-order valence-electron chi connectivity index (χ0n) is 9.22. The molecule has 0 aliphatic heterocycles. The molecule has 0 saturated heterocycles. The first-order valence-corrected chi connectivity index (χ1v) is 6.41. The van der Waals surface area contributed by atoms with Crippen LogP contribution in [0.2, 0.25) is 0 Å². The molecule has 2 aromatic rings. The molecule has 17 heavy (non-hydrogen) atoms. The molecule has 5 heteroatoms. The van der Waals surface area contributed by atoms with E-state index >= 15 is 0 Å². The fraction of sp³-hybridized carbons (Fsp3) is 0.167. The number of alkyl halides is 1. The summed E-state index contributed by atoms with van der Waals surface area (Å²) >= 11 is 7.24. The molecule has 0 fully saturated rings. The summed E-state index contributed by atoms with van der Waals surface area (Å²) in [6, 6.07) is 9.63. The molecule has 0 spiro atoms. The van der Waals surface area contributed by atoms with Gasteiger partial charge in [-0.15, -0.1) is 22.9 Å². The third-order valence-corrected chi connectivity index (χ3v) is 3.59. The van der Waals surface area contributed by atoms with E-state index in [2.05, 4.69) is 11.1 Å². The van der Waals surface area contributed by atoms with Crippen molar-refractivity contribution in [3.63, 3.8) is 0 Å². The molecule has 1 heterocycles. The molecule has 0 N–H and O–H groups in total. The Hall–Kier alpha value is -1.57. The Morgan fingerprint density at radius 1 is 1.47 bits per heavy atom. The second kappa shape index (κ2) is 5.17. The number of nitrogens with zero attached hydrogens (tertiary/aromatic N) is 3. The number of benzene rings is 1. The van der Waals surface area contributed by atoms with Gasteiger partial charge in [0, 0.05) is 12.4 Å². The Morgan fingerprint density at radius 3 is 2.88 bits per heavy atom. The Morgan fingerprint density at radius 2 is 2.24 bits per heavy atom. The highest BCUT2D eigenvalue weighted by Crippen LogP contribution is 2.29. The van der Waals surface area contributed by atoms with Gasteiger partial charge in [0.1, 0.15) is 6.07 Å². The average Bonchev–Trinajstić information content (AvgIpc) is 2.86. The zero-order chi connectivity index (χ0) is 12.3. The smallest absolute Gasteiger partial charge is 0.189 e. The maximum atomic E-state index is 9.05. The van der Waals surface area contributed by atoms with E-state index in [0.717, 1.165) is 16.5 Å². The van der Waals surface area contributed by atoms with Gasteiger partial charge in [0.05, 0.1) is 22.8 Å². The number of hydrogen-bond acceptors (Lipinski definition) is 4. The molecular formula is C12H10ClN3S. The third kappa shape index (κ3) is 2.41. The third-order valence-electron chi connectivity index (χ3n) is 2.35. The fourth-order valence-corrected chi connectivity index (χ4v) is 2.51. The van der Waals surface area contributed by atoms with Crippen molar-refractivity contribution in [2.45, 2.75) is 5.88 Å². The summed E-state index contributed by atoms with van der Waals surface area (Å²) in [5.74, 6) is 0.407. The van der Waals surface area contributed by atoms with Gasteiger partial charge in [-0.1, -0.05) is 12.1 Å². The van der Waals surface area contributed by atoms with Gasteiger partial charge in [-0.05, 0) is 12.1 Å². The molecule has 0 saturated carbocycles. The SMILES string of the molecule is CN(c1nc(CCl)cs1)c1ccccc1C#N. The number of aromatic nitrogens is 1. The molecule has 0 unspecified atom stereocenters. The molecular weight excluding hydrogens is 254 g/mol. The monoisotopic (exact) mass is 263 g/mol. The van der Waals surface area contributed by atoms with Crippen LogP contribution >= 0.6 is 22.9 Å². The predicted octanol–water partition coefficient (Wildman–Crippen LogP) is 3.52. The van der Waals surface area contributed by atoms with Crippen LogP contribution in [0, 0.1) is 11.3 Å². The van der Waals surface area contributed by atoms with Gasteiger partial charge in [-0.3, -0.25) is 0 Å². The molecule has 1 aromatic heterocycles. The number of halogens is 1. The minimum atomic E-state index is 0.407. The lowest BCUT2D eigenvalue weighted by atomic mass is 10.2. The molecule has 1 aromatic carbocycles. The molecule has 86 valence electrons. The number of anilines is 2. The van der Waals surface area contributed by atoms with Crippen LogP contribution in [0.3, 0.4) is 0 Å². The molecule has 0 atom stereocenters. The topological polar surface area (TPSA) is 39.9 Å². The predicted molar refractivity (Wildman–Crippen MR) is 70.9 cm³/mol. The highest BCUT2D eigenvalue weighted by atomic mass is 35.5. The lowest BCUT2D eigenvalue weighted by Crippen LogP contribution is -2.10. The van der Waals surface area contributed by atoms with Gasteiger partial charge in [0.2, 0.25) is 0 Å². The van der Waals surface area contributed by atoms with Crippen molar-refractivity contribution < 1.29 is 0 Å². The normalized spacial score (nSPS) is 9.94. The number of hydrogen-bond donors (Lipinski definition) is 0. The quantitative estimate of drug-likeness (QED) is 0.796. The van der Waals surface area contributed by atoms with Crippen molar-refractivity contribution in [2.24, 2.45) is 0 Å². The van der Waals surface area contributed by atoms with Gasteiger partial charge in [0.15, 0.2) is 5.13 Å². The van der Waals surface area contributed by atoms with E-state index in [1.54, 1.807) is 6.07 Å². The van der Waals surface area contributed by atoms with E-state index < -0.39 is 0 Å². The van der Waals surface area contributed by atoms with Gasteiger partial charge < -0.3 is 4.90 Å². The lowest BCUT2D eigenvalue weighted by molar-refractivity contribution is 1.13. The van der Waals surface area contributed by atoms with E-state index in [-0.39, 0.29) is 0 Å². The van der Waals surface area contributed by atoms with Crippen LogP contribution < -0.4 is 4.90 Å². The molecule has 3 nitrogen and oxygen atoms in total. The molecule has 0 radical (unpaired) electrons. The largest absolute Gasteiger partial charge is 0.320 e. The van der Waals surface area contributed by atoms with Crippen LogP contribution in [0.1, 0.15) is 11.3 Å². The van der Waals surface area contributed by atoms with Crippen LogP contribution in [-0.4, -0.2) is 12.0 Å². The van der Waals surface area contributed by atoms with E-state index in [1.807, 2.05) is 35.5 Å². The van der Waals surface area contributed by atoms with Crippen molar-refractivity contribution in [3.8, 4) is 6.07 Å². The summed E-state index contributed by atoms with van der Waals surface area (Å²) in [6.45, 7) is 0. The number of thiazole rings is 1. The van der Waals surface area contributed by atoms with Gasteiger partial charge >= 0.3 is 0 Å². The standard InChI is InChI=1S/C12H10ClN3S/c1-16(12-15-10(6-13)8-17-12)11-5-3-2-4-9(11)7-14/h2-5,8H,6H2,1H3. The molecule has 0 aliphatic rings. The Balaban J connectivity index is 2.37. The number of para-hydroxylation sites is 1. The van der Waals surface area contributed by atoms with Crippen molar-refractivity contribution in [3.05, 3.63) is 40.9 Å². The Kier molecular flexibility index (Phi) is 3.62.